The van der Waals surface area contributed by atoms with Crippen LogP contribution in [0.25, 0.3) is 0 Å². The Bertz CT molecular complexity index is 338. The molecule has 0 bridgehead atoms. The van der Waals surface area contributed by atoms with E-state index in [0.717, 1.165) is 25.7 Å². The lowest BCUT2D eigenvalue weighted by atomic mass is 10.0. The molecule has 0 aliphatic carbocycles. The van der Waals surface area contributed by atoms with E-state index in [4.69, 9.17) is 4.74 Å². The minimum Gasteiger partial charge on any atom is -0.381 e. The second-order valence-corrected chi connectivity index (χ2v) is 4.53. The van der Waals surface area contributed by atoms with Gasteiger partial charge in [-0.25, -0.2) is 0 Å². The van der Waals surface area contributed by atoms with Gasteiger partial charge in [-0.05, 0) is 45.1 Å². The molecule has 3 heteroatoms. The lowest BCUT2D eigenvalue weighted by Gasteiger charge is -2.22. The number of ether oxygens (including phenoxy) is 1. The molecule has 0 amide bonds. The van der Waals surface area contributed by atoms with Gasteiger partial charge >= 0.3 is 0 Å². The molecule has 0 aromatic carbocycles. The zero-order valence-electron chi connectivity index (χ0n) is 11.9. The molecule has 0 unspecified atom stereocenters. The zero-order chi connectivity index (χ0) is 12.8. The van der Waals surface area contributed by atoms with Gasteiger partial charge in [0.05, 0.1) is 5.69 Å². The molecule has 2 rings (SSSR count). The van der Waals surface area contributed by atoms with Crippen LogP contribution in [0.3, 0.4) is 0 Å². The second kappa shape index (κ2) is 6.80. The molecule has 3 nitrogen and oxygen atoms in total. The standard InChI is InChI=1S/C12H20N2O.C2H6/c1-9-10(2)13-14(11(9)3)8-12-4-6-15-7-5-12;1-2/h12H,4-8H2,1-3H3;1-2H3. The SMILES string of the molecule is CC.Cc1nn(CC2CCOCC2)c(C)c1C. The largest absolute Gasteiger partial charge is 0.381 e. The molecule has 17 heavy (non-hydrogen) atoms. The first kappa shape index (κ1) is 14.2. The van der Waals surface area contributed by atoms with Gasteiger partial charge in [-0.1, -0.05) is 13.8 Å². The molecule has 1 aromatic rings. The minimum absolute atomic E-state index is 0.746. The van der Waals surface area contributed by atoms with Gasteiger partial charge in [0.2, 0.25) is 0 Å². The fourth-order valence-corrected chi connectivity index (χ4v) is 2.14. The van der Waals surface area contributed by atoms with Crippen molar-refractivity contribution < 1.29 is 4.74 Å². The molecule has 98 valence electrons. The van der Waals surface area contributed by atoms with E-state index in [-0.39, 0.29) is 0 Å². The predicted octanol–water partition coefficient (Wildman–Crippen LogP) is 3.26. The maximum absolute atomic E-state index is 5.37. The van der Waals surface area contributed by atoms with Crippen LogP contribution in [0, 0.1) is 26.7 Å². The van der Waals surface area contributed by atoms with Crippen molar-refractivity contribution in [2.75, 3.05) is 13.2 Å². The van der Waals surface area contributed by atoms with Crippen LogP contribution in [0.15, 0.2) is 0 Å². The van der Waals surface area contributed by atoms with Gasteiger partial charge in [0.1, 0.15) is 0 Å². The van der Waals surface area contributed by atoms with Crippen molar-refractivity contribution in [1.82, 2.24) is 9.78 Å². The van der Waals surface area contributed by atoms with Gasteiger partial charge in [0, 0.05) is 25.5 Å². The summed E-state index contributed by atoms with van der Waals surface area (Å²) in [5, 5.41) is 4.58. The van der Waals surface area contributed by atoms with Crippen molar-refractivity contribution in [3.63, 3.8) is 0 Å². The van der Waals surface area contributed by atoms with Gasteiger partial charge < -0.3 is 4.74 Å². The van der Waals surface area contributed by atoms with Crippen LogP contribution in [-0.2, 0) is 11.3 Å². The Kier molecular flexibility index (Phi) is 5.69. The van der Waals surface area contributed by atoms with Gasteiger partial charge in [0.15, 0.2) is 0 Å². The van der Waals surface area contributed by atoms with Crippen LogP contribution in [0.4, 0.5) is 0 Å². The Balaban J connectivity index is 0.000000686. The van der Waals surface area contributed by atoms with Crippen LogP contribution in [-0.4, -0.2) is 23.0 Å². The van der Waals surface area contributed by atoms with Gasteiger partial charge in [-0.2, -0.15) is 5.10 Å². The van der Waals surface area contributed by atoms with E-state index in [9.17, 15) is 0 Å². The molecule has 0 radical (unpaired) electrons. The predicted molar refractivity (Wildman–Crippen MR) is 71.3 cm³/mol. The smallest absolute Gasteiger partial charge is 0.0625 e. The Morgan fingerprint density at radius 1 is 1.18 bits per heavy atom. The van der Waals surface area contributed by atoms with E-state index in [1.165, 1.54) is 29.8 Å². The minimum atomic E-state index is 0.746. The fraction of sp³-hybridized carbons (Fsp3) is 0.786. The van der Waals surface area contributed by atoms with E-state index in [2.05, 4.69) is 30.6 Å². The van der Waals surface area contributed by atoms with Gasteiger partial charge in [-0.15, -0.1) is 0 Å². The summed E-state index contributed by atoms with van der Waals surface area (Å²) in [5.74, 6) is 0.746. The monoisotopic (exact) mass is 238 g/mol. The molecule has 0 spiro atoms. The lowest BCUT2D eigenvalue weighted by molar-refractivity contribution is 0.0599. The first-order valence-electron chi connectivity index (χ1n) is 6.77. The normalized spacial score (nSPS) is 16.5. The molecule has 0 N–H and O–H groups in total. The summed E-state index contributed by atoms with van der Waals surface area (Å²) in [4.78, 5) is 0. The third kappa shape index (κ3) is 3.56. The molecule has 0 atom stereocenters. The molecule has 1 aromatic heterocycles. The highest BCUT2D eigenvalue weighted by atomic mass is 16.5. The highest BCUT2D eigenvalue weighted by Gasteiger charge is 2.16. The average Bonchev–Trinajstić information content (AvgIpc) is 2.61. The first-order valence-corrected chi connectivity index (χ1v) is 6.77. The number of aryl methyl sites for hydroxylation is 1. The Hall–Kier alpha value is -0.830. The van der Waals surface area contributed by atoms with Crippen LogP contribution in [0.2, 0.25) is 0 Å². The first-order chi connectivity index (χ1) is 8.18. The summed E-state index contributed by atoms with van der Waals surface area (Å²) in [6, 6.07) is 0. The number of nitrogens with zero attached hydrogens (tertiary/aromatic N) is 2. The molecular weight excluding hydrogens is 212 g/mol. The molecule has 1 aliphatic heterocycles. The maximum Gasteiger partial charge on any atom is 0.0625 e. The van der Waals surface area contributed by atoms with Crippen LogP contribution in [0.5, 0.6) is 0 Å². The molecule has 1 fully saturated rings. The molecule has 1 saturated heterocycles. The van der Waals surface area contributed by atoms with E-state index in [0.29, 0.717) is 0 Å². The number of hydrogen-bond acceptors (Lipinski definition) is 2. The number of rotatable bonds is 2. The zero-order valence-corrected chi connectivity index (χ0v) is 11.9. The summed E-state index contributed by atoms with van der Waals surface area (Å²) >= 11 is 0. The number of aromatic nitrogens is 2. The molecule has 0 saturated carbocycles. The van der Waals surface area contributed by atoms with Crippen molar-refractivity contribution in [2.45, 2.75) is 54.0 Å². The van der Waals surface area contributed by atoms with E-state index >= 15 is 0 Å². The highest BCUT2D eigenvalue weighted by Crippen LogP contribution is 2.19. The summed E-state index contributed by atoms with van der Waals surface area (Å²) in [6.45, 7) is 13.3. The Morgan fingerprint density at radius 2 is 1.76 bits per heavy atom. The van der Waals surface area contributed by atoms with Gasteiger partial charge in [0.25, 0.3) is 0 Å². The topological polar surface area (TPSA) is 27.1 Å². The fourth-order valence-electron chi connectivity index (χ4n) is 2.14. The van der Waals surface area contributed by atoms with Gasteiger partial charge in [-0.3, -0.25) is 4.68 Å². The Morgan fingerprint density at radius 3 is 2.24 bits per heavy atom. The molecule has 1 aliphatic rings. The quantitative estimate of drug-likeness (QED) is 0.790. The number of hydrogen-bond donors (Lipinski definition) is 0. The third-order valence-electron chi connectivity index (χ3n) is 3.52. The van der Waals surface area contributed by atoms with Crippen molar-refractivity contribution in [3.8, 4) is 0 Å². The summed E-state index contributed by atoms with van der Waals surface area (Å²) < 4.78 is 7.53. The van der Waals surface area contributed by atoms with E-state index in [1.54, 1.807) is 0 Å². The summed E-state index contributed by atoms with van der Waals surface area (Å²) in [5.41, 5.74) is 3.82. The van der Waals surface area contributed by atoms with Crippen LogP contribution >= 0.6 is 0 Å². The molecular formula is C14H26N2O. The Labute approximate surface area is 105 Å². The van der Waals surface area contributed by atoms with Crippen molar-refractivity contribution in [3.05, 3.63) is 17.0 Å². The van der Waals surface area contributed by atoms with Crippen molar-refractivity contribution >= 4 is 0 Å². The summed E-state index contributed by atoms with van der Waals surface area (Å²) in [6.07, 6.45) is 2.36. The maximum atomic E-state index is 5.37. The van der Waals surface area contributed by atoms with Crippen molar-refractivity contribution in [2.24, 2.45) is 5.92 Å². The van der Waals surface area contributed by atoms with Crippen molar-refractivity contribution in [1.29, 1.82) is 0 Å². The van der Waals surface area contributed by atoms with E-state index in [1.807, 2.05) is 13.8 Å². The molecule has 2 heterocycles. The average molecular weight is 238 g/mol. The van der Waals surface area contributed by atoms with Crippen LogP contribution in [0.1, 0.15) is 43.6 Å². The highest BCUT2D eigenvalue weighted by molar-refractivity contribution is 5.22. The van der Waals surface area contributed by atoms with E-state index < -0.39 is 0 Å². The van der Waals surface area contributed by atoms with Crippen LogP contribution < -0.4 is 0 Å². The summed E-state index contributed by atoms with van der Waals surface area (Å²) in [7, 11) is 0. The second-order valence-electron chi connectivity index (χ2n) is 4.53. The lowest BCUT2D eigenvalue weighted by Crippen LogP contribution is -2.21. The third-order valence-corrected chi connectivity index (χ3v) is 3.52.